The molecule has 0 saturated heterocycles. The minimum absolute atomic E-state index is 0.0800. The number of nitrogens with one attached hydrogen (secondary N) is 1. The van der Waals surface area contributed by atoms with Crippen molar-refractivity contribution in [3.8, 4) is 5.75 Å². The van der Waals surface area contributed by atoms with Crippen LogP contribution in [0.1, 0.15) is 25.8 Å². The van der Waals surface area contributed by atoms with Crippen molar-refractivity contribution in [2.45, 2.75) is 27.2 Å². The molecule has 0 atom stereocenters. The monoisotopic (exact) mass is 265 g/mol. The summed E-state index contributed by atoms with van der Waals surface area (Å²) in [4.78, 5) is 10.3. The molecule has 0 aliphatic rings. The van der Waals surface area contributed by atoms with Gasteiger partial charge < -0.3 is 10.5 Å². The SMILES string of the molecule is Cc1cc(OCCC(C)(C)C(=N)N)ccc1[N+](=O)[O-]. The molecule has 0 aliphatic heterocycles. The largest absolute Gasteiger partial charge is 0.494 e. The Balaban J connectivity index is 2.63. The number of nitrogens with zero attached hydrogens (tertiary/aromatic N) is 1. The molecular weight excluding hydrogens is 246 g/mol. The number of nitro benzene ring substituents is 1. The van der Waals surface area contributed by atoms with Crippen molar-refractivity contribution in [3.05, 3.63) is 33.9 Å². The third kappa shape index (κ3) is 3.94. The standard InChI is InChI=1S/C13H19N3O3/c1-9-8-10(4-5-11(9)16(17)18)19-7-6-13(2,3)12(14)15/h4-5,8H,6-7H2,1-3H3,(H3,14,15). The lowest BCUT2D eigenvalue weighted by molar-refractivity contribution is -0.385. The highest BCUT2D eigenvalue weighted by Crippen LogP contribution is 2.24. The van der Waals surface area contributed by atoms with E-state index in [0.29, 0.717) is 24.3 Å². The van der Waals surface area contributed by atoms with Gasteiger partial charge in [0.1, 0.15) is 5.75 Å². The first kappa shape index (κ1) is 14.9. The Labute approximate surface area is 112 Å². The number of amidine groups is 1. The van der Waals surface area contributed by atoms with Crippen molar-refractivity contribution in [2.75, 3.05) is 6.61 Å². The van der Waals surface area contributed by atoms with E-state index in [1.807, 2.05) is 13.8 Å². The van der Waals surface area contributed by atoms with Crippen molar-refractivity contribution < 1.29 is 9.66 Å². The van der Waals surface area contributed by atoms with E-state index in [0.717, 1.165) is 0 Å². The highest BCUT2D eigenvalue weighted by atomic mass is 16.6. The Kier molecular flexibility index (Phi) is 4.47. The quantitative estimate of drug-likeness (QED) is 0.357. The Morgan fingerprint density at radius 3 is 2.63 bits per heavy atom. The maximum atomic E-state index is 10.7. The summed E-state index contributed by atoms with van der Waals surface area (Å²) in [6, 6.07) is 4.64. The zero-order valence-corrected chi connectivity index (χ0v) is 11.4. The molecule has 0 amide bonds. The van der Waals surface area contributed by atoms with Crippen LogP contribution in [-0.2, 0) is 0 Å². The van der Waals surface area contributed by atoms with Crippen LogP contribution in [0.15, 0.2) is 18.2 Å². The normalized spacial score (nSPS) is 11.1. The molecule has 0 aromatic heterocycles. The van der Waals surface area contributed by atoms with Crippen LogP contribution in [-0.4, -0.2) is 17.4 Å². The lowest BCUT2D eigenvalue weighted by atomic mass is 9.88. The molecule has 0 unspecified atom stereocenters. The number of nitrogens with two attached hydrogens (primary N) is 1. The maximum Gasteiger partial charge on any atom is 0.272 e. The number of nitro groups is 1. The fourth-order valence-corrected chi connectivity index (χ4v) is 1.48. The summed E-state index contributed by atoms with van der Waals surface area (Å²) < 4.78 is 5.53. The average molecular weight is 265 g/mol. The Hall–Kier alpha value is -2.11. The van der Waals surface area contributed by atoms with Gasteiger partial charge in [0, 0.05) is 17.0 Å². The minimum atomic E-state index is -0.419. The number of benzene rings is 1. The first-order valence-corrected chi connectivity index (χ1v) is 5.96. The van der Waals surface area contributed by atoms with Gasteiger partial charge in [0.25, 0.3) is 5.69 Å². The van der Waals surface area contributed by atoms with Crippen LogP contribution in [0.2, 0.25) is 0 Å². The van der Waals surface area contributed by atoms with Crippen LogP contribution in [0.3, 0.4) is 0 Å². The van der Waals surface area contributed by atoms with Gasteiger partial charge in [0.2, 0.25) is 0 Å². The van der Waals surface area contributed by atoms with Crippen molar-refractivity contribution in [3.63, 3.8) is 0 Å². The molecule has 0 radical (unpaired) electrons. The van der Waals surface area contributed by atoms with Gasteiger partial charge in [-0.3, -0.25) is 15.5 Å². The second kappa shape index (κ2) is 5.69. The first-order valence-electron chi connectivity index (χ1n) is 5.96. The van der Waals surface area contributed by atoms with Crippen LogP contribution in [0.5, 0.6) is 5.75 Å². The van der Waals surface area contributed by atoms with Crippen LogP contribution in [0.4, 0.5) is 5.69 Å². The van der Waals surface area contributed by atoms with Gasteiger partial charge in [-0.25, -0.2) is 0 Å². The molecule has 104 valence electrons. The highest BCUT2D eigenvalue weighted by Gasteiger charge is 2.21. The molecule has 6 heteroatoms. The molecule has 0 fully saturated rings. The molecular formula is C13H19N3O3. The zero-order chi connectivity index (χ0) is 14.6. The number of rotatable bonds is 6. The zero-order valence-electron chi connectivity index (χ0n) is 11.4. The third-order valence-electron chi connectivity index (χ3n) is 3.09. The van der Waals surface area contributed by atoms with E-state index in [4.69, 9.17) is 15.9 Å². The number of ether oxygens (including phenoxy) is 1. The second-order valence-electron chi connectivity index (χ2n) is 5.10. The third-order valence-corrected chi connectivity index (χ3v) is 3.09. The van der Waals surface area contributed by atoms with E-state index in [9.17, 15) is 10.1 Å². The summed E-state index contributed by atoms with van der Waals surface area (Å²) in [6.07, 6.45) is 0.609. The molecule has 0 bridgehead atoms. The van der Waals surface area contributed by atoms with Gasteiger partial charge in [-0.15, -0.1) is 0 Å². The van der Waals surface area contributed by atoms with Crippen LogP contribution < -0.4 is 10.5 Å². The molecule has 0 saturated carbocycles. The van der Waals surface area contributed by atoms with Crippen LogP contribution in [0, 0.1) is 27.9 Å². The molecule has 1 aromatic carbocycles. The summed E-state index contributed by atoms with van der Waals surface area (Å²) in [5, 5.41) is 18.1. The predicted molar refractivity (Wildman–Crippen MR) is 73.6 cm³/mol. The smallest absolute Gasteiger partial charge is 0.272 e. The van der Waals surface area contributed by atoms with Gasteiger partial charge in [-0.1, -0.05) is 13.8 Å². The molecule has 0 heterocycles. The summed E-state index contributed by atoms with van der Waals surface area (Å²) in [5.41, 5.74) is 5.72. The summed E-state index contributed by atoms with van der Waals surface area (Å²) in [6.45, 7) is 5.83. The number of aryl methyl sites for hydroxylation is 1. The molecule has 6 nitrogen and oxygen atoms in total. The molecule has 1 rings (SSSR count). The number of hydrogen-bond donors (Lipinski definition) is 2. The minimum Gasteiger partial charge on any atom is -0.494 e. The topological polar surface area (TPSA) is 102 Å². The summed E-state index contributed by atoms with van der Waals surface area (Å²) >= 11 is 0. The number of hydrogen-bond acceptors (Lipinski definition) is 4. The van der Waals surface area contributed by atoms with E-state index >= 15 is 0 Å². The van der Waals surface area contributed by atoms with Crippen LogP contribution >= 0.6 is 0 Å². The van der Waals surface area contributed by atoms with Crippen LogP contribution in [0.25, 0.3) is 0 Å². The van der Waals surface area contributed by atoms with E-state index in [1.165, 1.54) is 6.07 Å². The second-order valence-corrected chi connectivity index (χ2v) is 5.10. The maximum absolute atomic E-state index is 10.7. The van der Waals surface area contributed by atoms with Gasteiger partial charge >= 0.3 is 0 Å². The predicted octanol–water partition coefficient (Wildman–Crippen LogP) is 2.63. The van der Waals surface area contributed by atoms with Crippen molar-refractivity contribution in [1.29, 1.82) is 5.41 Å². The Morgan fingerprint density at radius 1 is 1.53 bits per heavy atom. The van der Waals surface area contributed by atoms with Gasteiger partial charge in [-0.2, -0.15) is 0 Å². The van der Waals surface area contributed by atoms with E-state index in [-0.39, 0.29) is 11.5 Å². The fraction of sp³-hybridized carbons (Fsp3) is 0.462. The molecule has 1 aromatic rings. The lowest BCUT2D eigenvalue weighted by Gasteiger charge is -2.22. The van der Waals surface area contributed by atoms with E-state index in [1.54, 1.807) is 19.1 Å². The molecule has 0 aliphatic carbocycles. The highest BCUT2D eigenvalue weighted by molar-refractivity contribution is 5.82. The van der Waals surface area contributed by atoms with E-state index < -0.39 is 10.3 Å². The van der Waals surface area contributed by atoms with Crippen molar-refractivity contribution in [2.24, 2.45) is 11.1 Å². The van der Waals surface area contributed by atoms with Crippen molar-refractivity contribution >= 4 is 11.5 Å². The summed E-state index contributed by atoms with van der Waals surface area (Å²) in [5.74, 6) is 0.707. The Bertz CT molecular complexity index is 498. The van der Waals surface area contributed by atoms with Gasteiger partial charge in [0.05, 0.1) is 17.4 Å². The molecule has 0 spiro atoms. The first-order chi connectivity index (χ1) is 8.74. The average Bonchev–Trinajstić information content (AvgIpc) is 2.28. The molecule has 3 N–H and O–H groups in total. The van der Waals surface area contributed by atoms with E-state index in [2.05, 4.69) is 0 Å². The van der Waals surface area contributed by atoms with Gasteiger partial charge in [-0.05, 0) is 25.5 Å². The van der Waals surface area contributed by atoms with Crippen molar-refractivity contribution in [1.82, 2.24) is 0 Å². The fourth-order valence-electron chi connectivity index (χ4n) is 1.48. The lowest BCUT2D eigenvalue weighted by Crippen LogP contribution is -2.32. The summed E-state index contributed by atoms with van der Waals surface area (Å²) in [7, 11) is 0. The molecule has 19 heavy (non-hydrogen) atoms. The van der Waals surface area contributed by atoms with Gasteiger partial charge in [0.15, 0.2) is 0 Å². The Morgan fingerprint density at radius 2 is 2.16 bits per heavy atom.